The van der Waals surface area contributed by atoms with Crippen molar-refractivity contribution >= 4 is 11.8 Å². The molecule has 0 radical (unpaired) electrons. The fraction of sp³-hybridized carbons (Fsp3) is 1.00. The van der Waals surface area contributed by atoms with E-state index >= 15 is 0 Å². The van der Waals surface area contributed by atoms with Crippen LogP contribution in [-0.4, -0.2) is 36.3 Å². The molecule has 88 valence electrons. The molecule has 0 bridgehead atoms. The Bertz CT molecular complexity index is 200. The second-order valence-electron chi connectivity index (χ2n) is 4.85. The molecular formula is C12H23NOS. The highest BCUT2D eigenvalue weighted by Crippen LogP contribution is 2.27. The molecule has 0 aliphatic carbocycles. The molecule has 2 aliphatic rings. The smallest absolute Gasteiger partial charge is 0.0613 e. The average molecular weight is 229 g/mol. The molecule has 0 saturated carbocycles. The third kappa shape index (κ3) is 3.11. The van der Waals surface area contributed by atoms with Gasteiger partial charge in [0.15, 0.2) is 0 Å². The van der Waals surface area contributed by atoms with E-state index < -0.39 is 0 Å². The van der Waals surface area contributed by atoms with Crippen molar-refractivity contribution in [2.45, 2.75) is 50.5 Å². The van der Waals surface area contributed by atoms with Gasteiger partial charge in [-0.3, -0.25) is 0 Å². The Kier molecular flexibility index (Phi) is 4.35. The number of rotatable bonds is 4. The first-order valence-corrected chi connectivity index (χ1v) is 7.31. The standard InChI is InChI=1S/C12H23NOS/c1-3-12-10(4-5-14-12)7-13-11-6-9(2)15-8-11/h9-13H,3-8H2,1-2H3. The minimum Gasteiger partial charge on any atom is -0.378 e. The van der Waals surface area contributed by atoms with Gasteiger partial charge in [0.05, 0.1) is 6.10 Å². The van der Waals surface area contributed by atoms with Crippen LogP contribution in [0.4, 0.5) is 0 Å². The Morgan fingerprint density at radius 3 is 3.00 bits per heavy atom. The maximum atomic E-state index is 5.71. The van der Waals surface area contributed by atoms with Crippen LogP contribution >= 0.6 is 11.8 Å². The fourth-order valence-electron chi connectivity index (χ4n) is 2.65. The lowest BCUT2D eigenvalue weighted by Crippen LogP contribution is -2.36. The molecule has 2 aliphatic heterocycles. The summed E-state index contributed by atoms with van der Waals surface area (Å²) in [7, 11) is 0. The Morgan fingerprint density at radius 1 is 1.47 bits per heavy atom. The Morgan fingerprint density at radius 2 is 2.33 bits per heavy atom. The van der Waals surface area contributed by atoms with Crippen LogP contribution in [0.5, 0.6) is 0 Å². The summed E-state index contributed by atoms with van der Waals surface area (Å²) >= 11 is 2.10. The molecule has 0 aromatic rings. The summed E-state index contributed by atoms with van der Waals surface area (Å²) in [5, 5.41) is 4.57. The van der Waals surface area contributed by atoms with Crippen LogP contribution in [-0.2, 0) is 4.74 Å². The van der Waals surface area contributed by atoms with E-state index in [1.807, 2.05) is 0 Å². The first-order chi connectivity index (χ1) is 7.29. The number of thioether (sulfide) groups is 1. The molecule has 0 aromatic heterocycles. The van der Waals surface area contributed by atoms with E-state index in [9.17, 15) is 0 Å². The third-order valence-electron chi connectivity index (χ3n) is 3.62. The number of ether oxygens (including phenoxy) is 1. The quantitative estimate of drug-likeness (QED) is 0.799. The van der Waals surface area contributed by atoms with Crippen molar-refractivity contribution in [2.75, 3.05) is 18.9 Å². The molecule has 15 heavy (non-hydrogen) atoms. The maximum absolute atomic E-state index is 5.71. The first kappa shape index (κ1) is 11.7. The normalized spacial score (nSPS) is 41.2. The van der Waals surface area contributed by atoms with Crippen molar-refractivity contribution < 1.29 is 4.74 Å². The van der Waals surface area contributed by atoms with Crippen LogP contribution in [0.15, 0.2) is 0 Å². The zero-order valence-electron chi connectivity index (χ0n) is 9.87. The fourth-order valence-corrected chi connectivity index (χ4v) is 3.84. The second-order valence-corrected chi connectivity index (χ2v) is 6.32. The van der Waals surface area contributed by atoms with E-state index in [2.05, 4.69) is 30.9 Å². The van der Waals surface area contributed by atoms with Gasteiger partial charge in [0.1, 0.15) is 0 Å². The van der Waals surface area contributed by atoms with Crippen molar-refractivity contribution in [3.8, 4) is 0 Å². The van der Waals surface area contributed by atoms with E-state index in [0.717, 1.165) is 30.4 Å². The summed E-state index contributed by atoms with van der Waals surface area (Å²) in [6.07, 6.45) is 4.28. The van der Waals surface area contributed by atoms with Gasteiger partial charge < -0.3 is 10.1 Å². The van der Waals surface area contributed by atoms with E-state index in [1.54, 1.807) is 0 Å². The molecular weight excluding hydrogens is 206 g/mol. The van der Waals surface area contributed by atoms with Gasteiger partial charge in [-0.1, -0.05) is 13.8 Å². The van der Waals surface area contributed by atoms with E-state index in [-0.39, 0.29) is 0 Å². The van der Waals surface area contributed by atoms with Gasteiger partial charge in [-0.15, -0.1) is 0 Å². The minimum atomic E-state index is 0.518. The summed E-state index contributed by atoms with van der Waals surface area (Å²) in [5.74, 6) is 2.06. The summed E-state index contributed by atoms with van der Waals surface area (Å²) in [5.41, 5.74) is 0. The zero-order chi connectivity index (χ0) is 10.7. The minimum absolute atomic E-state index is 0.518. The summed E-state index contributed by atoms with van der Waals surface area (Å²) in [6.45, 7) is 6.70. The molecule has 3 heteroatoms. The molecule has 0 spiro atoms. The van der Waals surface area contributed by atoms with Crippen LogP contribution in [0.3, 0.4) is 0 Å². The summed E-state index contributed by atoms with van der Waals surface area (Å²) in [6, 6.07) is 0.753. The number of hydrogen-bond donors (Lipinski definition) is 1. The lowest BCUT2D eigenvalue weighted by atomic mass is 9.99. The van der Waals surface area contributed by atoms with Crippen molar-refractivity contribution in [3.05, 3.63) is 0 Å². The van der Waals surface area contributed by atoms with E-state index in [4.69, 9.17) is 4.74 Å². The van der Waals surface area contributed by atoms with Gasteiger partial charge in [-0.2, -0.15) is 11.8 Å². The highest BCUT2D eigenvalue weighted by molar-refractivity contribution is 8.00. The molecule has 2 rings (SSSR count). The van der Waals surface area contributed by atoms with Crippen molar-refractivity contribution in [3.63, 3.8) is 0 Å². The molecule has 2 saturated heterocycles. The molecule has 0 aromatic carbocycles. The summed E-state index contributed by atoms with van der Waals surface area (Å²) in [4.78, 5) is 0. The largest absolute Gasteiger partial charge is 0.378 e. The van der Waals surface area contributed by atoms with Gasteiger partial charge in [0.2, 0.25) is 0 Å². The van der Waals surface area contributed by atoms with Gasteiger partial charge in [-0.25, -0.2) is 0 Å². The Hall–Kier alpha value is 0.270. The van der Waals surface area contributed by atoms with E-state index in [0.29, 0.717) is 6.10 Å². The van der Waals surface area contributed by atoms with Crippen LogP contribution in [0.1, 0.15) is 33.1 Å². The second kappa shape index (κ2) is 5.55. The lowest BCUT2D eigenvalue weighted by molar-refractivity contribution is 0.0867. The van der Waals surface area contributed by atoms with Gasteiger partial charge >= 0.3 is 0 Å². The van der Waals surface area contributed by atoms with Crippen LogP contribution in [0.25, 0.3) is 0 Å². The van der Waals surface area contributed by atoms with Crippen LogP contribution in [0, 0.1) is 5.92 Å². The number of nitrogens with one attached hydrogen (secondary N) is 1. The van der Waals surface area contributed by atoms with Gasteiger partial charge in [-0.05, 0) is 25.2 Å². The monoisotopic (exact) mass is 229 g/mol. The van der Waals surface area contributed by atoms with Gasteiger partial charge in [0.25, 0.3) is 0 Å². The average Bonchev–Trinajstić information content (AvgIpc) is 2.83. The Balaban J connectivity index is 1.68. The molecule has 0 amide bonds. The predicted molar refractivity (Wildman–Crippen MR) is 66.5 cm³/mol. The molecule has 1 N–H and O–H groups in total. The van der Waals surface area contributed by atoms with Crippen LogP contribution < -0.4 is 5.32 Å². The van der Waals surface area contributed by atoms with Crippen molar-refractivity contribution in [1.29, 1.82) is 0 Å². The highest BCUT2D eigenvalue weighted by Gasteiger charge is 2.28. The Labute approximate surface area is 97.5 Å². The molecule has 2 nitrogen and oxygen atoms in total. The van der Waals surface area contributed by atoms with E-state index in [1.165, 1.54) is 25.0 Å². The molecule has 4 atom stereocenters. The topological polar surface area (TPSA) is 21.3 Å². The molecule has 4 unspecified atom stereocenters. The van der Waals surface area contributed by atoms with Gasteiger partial charge in [0, 0.05) is 30.2 Å². The molecule has 2 heterocycles. The van der Waals surface area contributed by atoms with Crippen LogP contribution in [0.2, 0.25) is 0 Å². The molecule has 2 fully saturated rings. The van der Waals surface area contributed by atoms with Crippen molar-refractivity contribution in [1.82, 2.24) is 5.32 Å². The lowest BCUT2D eigenvalue weighted by Gasteiger charge is -2.20. The van der Waals surface area contributed by atoms with Crippen molar-refractivity contribution in [2.24, 2.45) is 5.92 Å². The number of hydrogen-bond acceptors (Lipinski definition) is 3. The highest BCUT2D eigenvalue weighted by atomic mass is 32.2. The maximum Gasteiger partial charge on any atom is 0.0613 e. The third-order valence-corrected chi connectivity index (χ3v) is 4.97. The first-order valence-electron chi connectivity index (χ1n) is 6.26. The SMILES string of the molecule is CCC1OCCC1CNC1CSC(C)C1. The zero-order valence-corrected chi connectivity index (χ0v) is 10.7. The summed E-state index contributed by atoms with van der Waals surface area (Å²) < 4.78 is 5.71. The predicted octanol–water partition coefficient (Wildman–Crippen LogP) is 2.29.